The summed E-state index contributed by atoms with van der Waals surface area (Å²) < 4.78 is 5.42. The van der Waals surface area contributed by atoms with Crippen LogP contribution in [0.2, 0.25) is 0 Å². The summed E-state index contributed by atoms with van der Waals surface area (Å²) in [5, 5.41) is 27.3. The Morgan fingerprint density at radius 2 is 1.50 bits per heavy atom. The van der Waals surface area contributed by atoms with Crippen molar-refractivity contribution in [3.05, 3.63) is 12.2 Å². The first-order valence-electron chi connectivity index (χ1n) is 6.51. The number of ether oxygens (including phenoxy) is 1. The number of halogens is 1. The molecule has 0 rings (SSSR count). The second-order valence-corrected chi connectivity index (χ2v) is 4.68. The van der Waals surface area contributed by atoms with Gasteiger partial charge in [0.15, 0.2) is 0 Å². The quantitative estimate of drug-likeness (QED) is 0.158. The number of quaternary nitrogens is 1. The summed E-state index contributed by atoms with van der Waals surface area (Å²) in [5.41, 5.74) is 0.363. The van der Waals surface area contributed by atoms with Gasteiger partial charge < -0.3 is 36.9 Å². The molecule has 20 heavy (non-hydrogen) atoms. The Labute approximate surface area is 126 Å². The lowest BCUT2D eigenvalue weighted by Gasteiger charge is -2.37. The summed E-state index contributed by atoms with van der Waals surface area (Å²) in [7, 11) is 0. The number of rotatable bonds is 11. The average molecular weight is 312 g/mol. The fraction of sp³-hybridized carbons (Fsp3) is 0.769. The molecule has 0 atom stereocenters. The number of hydrogen-bond donors (Lipinski definition) is 3. The SMILES string of the molecule is C=C(C)C(=O)OCCC[N+](CCO)(CCO)CCO.[Cl-]. The summed E-state index contributed by atoms with van der Waals surface area (Å²) in [6.45, 7) is 7.36. The molecule has 0 aliphatic carbocycles. The largest absolute Gasteiger partial charge is 1.00 e. The standard InChI is InChI=1S/C13H26NO5.ClH/c1-12(2)13(18)19-11-3-4-14(5-8-15,6-9-16)7-10-17;/h15-17H,1,3-11H2,2H3;1H/q+1;/p-1. The third kappa shape index (κ3) is 8.50. The number of esters is 1. The first kappa shape index (κ1) is 21.6. The lowest BCUT2D eigenvalue weighted by atomic mass is 10.2. The van der Waals surface area contributed by atoms with E-state index in [-0.39, 0.29) is 38.8 Å². The predicted octanol–water partition coefficient (Wildman–Crippen LogP) is -3.71. The Balaban J connectivity index is 0. The van der Waals surface area contributed by atoms with Crippen LogP contribution in [0.3, 0.4) is 0 Å². The smallest absolute Gasteiger partial charge is 0.333 e. The maximum atomic E-state index is 11.2. The molecular formula is C13H26ClNO5. The highest BCUT2D eigenvalue weighted by molar-refractivity contribution is 5.86. The zero-order chi connectivity index (χ0) is 14.7. The summed E-state index contributed by atoms with van der Waals surface area (Å²) in [6, 6.07) is 0. The van der Waals surface area contributed by atoms with Gasteiger partial charge in [0.2, 0.25) is 0 Å². The van der Waals surface area contributed by atoms with Gasteiger partial charge in [-0.2, -0.15) is 0 Å². The van der Waals surface area contributed by atoms with Gasteiger partial charge in [0.25, 0.3) is 0 Å². The van der Waals surface area contributed by atoms with E-state index in [9.17, 15) is 4.79 Å². The van der Waals surface area contributed by atoms with Crippen LogP contribution in [-0.4, -0.2) is 78.4 Å². The van der Waals surface area contributed by atoms with E-state index >= 15 is 0 Å². The van der Waals surface area contributed by atoms with Crippen molar-refractivity contribution in [2.45, 2.75) is 13.3 Å². The van der Waals surface area contributed by atoms with Crippen LogP contribution in [-0.2, 0) is 9.53 Å². The van der Waals surface area contributed by atoms with Crippen LogP contribution in [0.5, 0.6) is 0 Å². The summed E-state index contributed by atoms with van der Waals surface area (Å²) >= 11 is 0. The van der Waals surface area contributed by atoms with Crippen molar-refractivity contribution in [2.24, 2.45) is 0 Å². The Morgan fingerprint density at radius 1 is 1.05 bits per heavy atom. The lowest BCUT2D eigenvalue weighted by Crippen LogP contribution is -3.00. The van der Waals surface area contributed by atoms with Gasteiger partial charge in [-0.25, -0.2) is 4.79 Å². The van der Waals surface area contributed by atoms with E-state index in [0.29, 0.717) is 42.7 Å². The van der Waals surface area contributed by atoms with Gasteiger partial charge in [0.05, 0.1) is 33.0 Å². The third-order valence-corrected chi connectivity index (χ3v) is 3.08. The van der Waals surface area contributed by atoms with Crippen LogP contribution in [0.4, 0.5) is 0 Å². The van der Waals surface area contributed by atoms with E-state index < -0.39 is 5.97 Å². The molecule has 0 heterocycles. The second kappa shape index (κ2) is 12.1. The normalized spacial score (nSPS) is 10.8. The fourth-order valence-electron chi connectivity index (χ4n) is 2.00. The minimum atomic E-state index is -0.412. The Hall–Kier alpha value is -0.660. The molecule has 0 aromatic rings. The van der Waals surface area contributed by atoms with E-state index in [1.165, 1.54) is 0 Å². The highest BCUT2D eigenvalue weighted by Gasteiger charge is 2.25. The maximum absolute atomic E-state index is 11.2. The monoisotopic (exact) mass is 311 g/mol. The van der Waals surface area contributed by atoms with E-state index in [4.69, 9.17) is 20.1 Å². The van der Waals surface area contributed by atoms with E-state index in [1.807, 2.05) is 0 Å². The van der Waals surface area contributed by atoms with Gasteiger partial charge in [-0.1, -0.05) is 6.58 Å². The van der Waals surface area contributed by atoms with Crippen LogP contribution in [0.1, 0.15) is 13.3 Å². The highest BCUT2D eigenvalue weighted by Crippen LogP contribution is 2.08. The van der Waals surface area contributed by atoms with Crippen molar-refractivity contribution in [3.63, 3.8) is 0 Å². The number of carbonyl (C=O) groups excluding carboxylic acids is 1. The molecule has 0 aromatic heterocycles. The van der Waals surface area contributed by atoms with Crippen LogP contribution >= 0.6 is 0 Å². The molecule has 6 nitrogen and oxygen atoms in total. The fourth-order valence-corrected chi connectivity index (χ4v) is 2.00. The van der Waals surface area contributed by atoms with Crippen molar-refractivity contribution in [2.75, 3.05) is 52.6 Å². The highest BCUT2D eigenvalue weighted by atomic mass is 35.5. The molecule has 0 fully saturated rings. The number of aliphatic hydroxyl groups excluding tert-OH is 3. The van der Waals surface area contributed by atoms with Crippen LogP contribution in [0.15, 0.2) is 12.2 Å². The van der Waals surface area contributed by atoms with Crippen molar-refractivity contribution >= 4 is 5.97 Å². The lowest BCUT2D eigenvalue weighted by molar-refractivity contribution is -0.929. The maximum Gasteiger partial charge on any atom is 0.333 e. The van der Waals surface area contributed by atoms with Gasteiger partial charge in [0.1, 0.15) is 19.6 Å². The van der Waals surface area contributed by atoms with Gasteiger partial charge in [-0.05, 0) is 6.92 Å². The third-order valence-electron chi connectivity index (χ3n) is 3.08. The molecule has 0 unspecified atom stereocenters. The van der Waals surface area contributed by atoms with E-state index in [1.54, 1.807) is 6.92 Å². The average Bonchev–Trinajstić information content (AvgIpc) is 2.35. The molecule has 7 heteroatoms. The molecule has 0 aliphatic heterocycles. The van der Waals surface area contributed by atoms with Gasteiger partial charge >= 0.3 is 5.97 Å². The molecule has 0 spiro atoms. The summed E-state index contributed by atoms with van der Waals surface area (Å²) in [6.07, 6.45) is 0.610. The van der Waals surface area contributed by atoms with E-state index in [2.05, 4.69) is 6.58 Å². The van der Waals surface area contributed by atoms with Crippen molar-refractivity contribution in [1.82, 2.24) is 0 Å². The van der Waals surface area contributed by atoms with Crippen LogP contribution < -0.4 is 12.4 Å². The molecule has 0 aliphatic rings. The molecule has 3 N–H and O–H groups in total. The second-order valence-electron chi connectivity index (χ2n) is 4.68. The van der Waals surface area contributed by atoms with Crippen LogP contribution in [0, 0.1) is 0 Å². The zero-order valence-corrected chi connectivity index (χ0v) is 12.8. The Morgan fingerprint density at radius 3 is 1.85 bits per heavy atom. The molecule has 0 aromatic carbocycles. The molecule has 0 saturated heterocycles. The van der Waals surface area contributed by atoms with Crippen molar-refractivity contribution in [1.29, 1.82) is 0 Å². The summed E-state index contributed by atoms with van der Waals surface area (Å²) in [5.74, 6) is -0.412. The van der Waals surface area contributed by atoms with Crippen LogP contribution in [0.25, 0.3) is 0 Å². The number of hydrogen-bond acceptors (Lipinski definition) is 5. The topological polar surface area (TPSA) is 87.0 Å². The molecule has 0 radical (unpaired) electrons. The predicted molar refractivity (Wildman–Crippen MR) is 71.4 cm³/mol. The number of nitrogens with zero attached hydrogens (tertiary/aromatic N) is 1. The molecule has 0 saturated carbocycles. The van der Waals surface area contributed by atoms with Crippen molar-refractivity contribution in [3.8, 4) is 0 Å². The van der Waals surface area contributed by atoms with Gasteiger partial charge in [-0.15, -0.1) is 0 Å². The first-order valence-corrected chi connectivity index (χ1v) is 6.51. The summed E-state index contributed by atoms with van der Waals surface area (Å²) in [4.78, 5) is 11.2. The van der Waals surface area contributed by atoms with Gasteiger partial charge in [0, 0.05) is 12.0 Å². The molecule has 120 valence electrons. The first-order chi connectivity index (χ1) is 9.01. The Kier molecular flexibility index (Phi) is 13.1. The minimum absolute atomic E-state index is 0. The van der Waals surface area contributed by atoms with E-state index in [0.717, 1.165) is 0 Å². The molecular weight excluding hydrogens is 286 g/mol. The van der Waals surface area contributed by atoms with Crippen molar-refractivity contribution < 1.29 is 41.7 Å². The Bertz CT molecular complexity index is 269. The minimum Gasteiger partial charge on any atom is -1.00 e. The molecule has 0 bridgehead atoms. The number of carbonyl (C=O) groups is 1. The van der Waals surface area contributed by atoms with Gasteiger partial charge in [-0.3, -0.25) is 0 Å². The molecule has 0 amide bonds. The number of aliphatic hydroxyl groups is 3. The zero-order valence-electron chi connectivity index (χ0n) is 12.1.